The molecule has 0 amide bonds. The van der Waals surface area contributed by atoms with Gasteiger partial charge in [-0.15, -0.1) is 0 Å². The number of nitrogens with one attached hydrogen (secondary N) is 1. The molecule has 78 valence electrons. The Balaban J connectivity index is 2.27. The number of H-pyrrole nitrogens is 1. The molecule has 0 atom stereocenters. The molecular weight excluding hydrogens is 212 g/mol. The number of aromatic nitrogens is 3. The van der Waals surface area contributed by atoms with Crippen molar-refractivity contribution in [1.82, 2.24) is 15.0 Å². The first-order chi connectivity index (χ1) is 7.29. The van der Waals surface area contributed by atoms with Crippen LogP contribution in [0.2, 0.25) is 0 Å². The maximum absolute atomic E-state index is 5.78. The van der Waals surface area contributed by atoms with Crippen LogP contribution in [-0.4, -0.2) is 22.1 Å². The molecule has 2 rings (SSSR count). The summed E-state index contributed by atoms with van der Waals surface area (Å²) in [6, 6.07) is 3.48. The van der Waals surface area contributed by atoms with Gasteiger partial charge in [-0.25, -0.2) is 9.97 Å². The first kappa shape index (κ1) is 9.85. The van der Waals surface area contributed by atoms with E-state index in [1.165, 1.54) is 11.8 Å². The Morgan fingerprint density at radius 2 is 2.33 bits per heavy atom. The SMILES string of the molecule is COc1ccc(N)c(Sc2ncc[nH]2)n1. The lowest BCUT2D eigenvalue weighted by molar-refractivity contribution is 0.395. The number of hydrogen-bond acceptors (Lipinski definition) is 5. The highest BCUT2D eigenvalue weighted by Crippen LogP contribution is 2.29. The van der Waals surface area contributed by atoms with E-state index in [0.717, 1.165) is 5.16 Å². The van der Waals surface area contributed by atoms with E-state index in [2.05, 4.69) is 15.0 Å². The monoisotopic (exact) mass is 222 g/mol. The van der Waals surface area contributed by atoms with Crippen molar-refractivity contribution in [1.29, 1.82) is 0 Å². The maximum Gasteiger partial charge on any atom is 0.214 e. The van der Waals surface area contributed by atoms with E-state index in [9.17, 15) is 0 Å². The van der Waals surface area contributed by atoms with E-state index in [4.69, 9.17) is 10.5 Å². The van der Waals surface area contributed by atoms with Crippen molar-refractivity contribution in [2.45, 2.75) is 10.2 Å². The normalized spacial score (nSPS) is 10.2. The number of aromatic amines is 1. The van der Waals surface area contributed by atoms with Crippen molar-refractivity contribution in [3.63, 3.8) is 0 Å². The van der Waals surface area contributed by atoms with Crippen LogP contribution >= 0.6 is 11.8 Å². The highest BCUT2D eigenvalue weighted by Gasteiger charge is 2.06. The average Bonchev–Trinajstić information content (AvgIpc) is 2.74. The number of ether oxygens (including phenoxy) is 1. The predicted octanol–water partition coefficient (Wildman–Crippen LogP) is 1.55. The number of hydrogen-bond donors (Lipinski definition) is 2. The molecule has 0 radical (unpaired) electrons. The Morgan fingerprint density at radius 3 is 3.00 bits per heavy atom. The molecular formula is C9H10N4OS. The molecule has 2 heterocycles. The Morgan fingerprint density at radius 1 is 1.47 bits per heavy atom. The average molecular weight is 222 g/mol. The van der Waals surface area contributed by atoms with E-state index in [1.54, 1.807) is 31.6 Å². The number of nitrogens with zero attached hydrogens (tertiary/aromatic N) is 2. The largest absolute Gasteiger partial charge is 0.481 e. The molecule has 2 aromatic rings. The summed E-state index contributed by atoms with van der Waals surface area (Å²) in [6.07, 6.45) is 3.43. The molecule has 5 nitrogen and oxygen atoms in total. The van der Waals surface area contributed by atoms with Gasteiger partial charge in [-0.05, 0) is 17.8 Å². The molecule has 0 fully saturated rings. The minimum Gasteiger partial charge on any atom is -0.481 e. The fourth-order valence-electron chi connectivity index (χ4n) is 1.03. The second-order valence-corrected chi connectivity index (χ2v) is 3.72. The van der Waals surface area contributed by atoms with Crippen LogP contribution in [0.4, 0.5) is 5.69 Å². The molecule has 0 unspecified atom stereocenters. The molecule has 0 aliphatic rings. The Labute approximate surface area is 91.1 Å². The first-order valence-electron chi connectivity index (χ1n) is 4.27. The standard InChI is InChI=1S/C9H10N4OS/c1-14-7-3-2-6(10)8(13-7)15-9-11-4-5-12-9/h2-5H,10H2,1H3,(H,11,12). The number of anilines is 1. The summed E-state index contributed by atoms with van der Waals surface area (Å²) in [7, 11) is 1.57. The number of rotatable bonds is 3. The summed E-state index contributed by atoms with van der Waals surface area (Å²) >= 11 is 1.37. The fourth-order valence-corrected chi connectivity index (χ4v) is 1.77. The van der Waals surface area contributed by atoms with E-state index in [0.29, 0.717) is 16.6 Å². The lowest BCUT2D eigenvalue weighted by Crippen LogP contribution is -1.95. The van der Waals surface area contributed by atoms with Gasteiger partial charge in [-0.3, -0.25) is 0 Å². The van der Waals surface area contributed by atoms with Gasteiger partial charge in [0.15, 0.2) is 5.16 Å². The molecule has 2 aromatic heterocycles. The van der Waals surface area contributed by atoms with Crippen molar-refractivity contribution in [2.24, 2.45) is 0 Å². The van der Waals surface area contributed by atoms with Crippen molar-refractivity contribution >= 4 is 17.4 Å². The van der Waals surface area contributed by atoms with Gasteiger partial charge in [0.05, 0.1) is 12.8 Å². The fraction of sp³-hybridized carbons (Fsp3) is 0.111. The molecule has 0 aromatic carbocycles. The minimum absolute atomic E-state index is 0.540. The van der Waals surface area contributed by atoms with Crippen LogP contribution < -0.4 is 10.5 Å². The summed E-state index contributed by atoms with van der Waals surface area (Å²) in [6.45, 7) is 0. The van der Waals surface area contributed by atoms with Crippen LogP contribution in [0.3, 0.4) is 0 Å². The topological polar surface area (TPSA) is 76.8 Å². The minimum atomic E-state index is 0.540. The zero-order valence-corrected chi connectivity index (χ0v) is 8.91. The van der Waals surface area contributed by atoms with Crippen LogP contribution in [0.1, 0.15) is 0 Å². The lowest BCUT2D eigenvalue weighted by atomic mass is 10.4. The van der Waals surface area contributed by atoms with Crippen molar-refractivity contribution in [2.75, 3.05) is 12.8 Å². The summed E-state index contributed by atoms with van der Waals surface area (Å²) in [5, 5.41) is 1.44. The smallest absolute Gasteiger partial charge is 0.214 e. The molecule has 0 aliphatic heterocycles. The highest BCUT2D eigenvalue weighted by atomic mass is 32.2. The van der Waals surface area contributed by atoms with Gasteiger partial charge in [-0.2, -0.15) is 0 Å². The molecule has 15 heavy (non-hydrogen) atoms. The third kappa shape index (κ3) is 2.21. The third-order valence-corrected chi connectivity index (χ3v) is 2.68. The molecule has 0 saturated carbocycles. The van der Waals surface area contributed by atoms with Crippen molar-refractivity contribution in [3.8, 4) is 5.88 Å². The summed E-state index contributed by atoms with van der Waals surface area (Å²) in [5.74, 6) is 0.540. The van der Waals surface area contributed by atoms with Crippen molar-refractivity contribution < 1.29 is 4.74 Å². The summed E-state index contributed by atoms with van der Waals surface area (Å²) in [4.78, 5) is 11.3. The second-order valence-electron chi connectivity index (χ2n) is 2.74. The summed E-state index contributed by atoms with van der Waals surface area (Å²) < 4.78 is 5.02. The van der Waals surface area contributed by atoms with Crippen molar-refractivity contribution in [3.05, 3.63) is 24.5 Å². The third-order valence-electron chi connectivity index (χ3n) is 1.74. The zero-order valence-electron chi connectivity index (χ0n) is 8.10. The number of pyridine rings is 1. The van der Waals surface area contributed by atoms with Gasteiger partial charge in [0.2, 0.25) is 5.88 Å². The number of nitrogen functional groups attached to an aromatic ring is 1. The molecule has 0 bridgehead atoms. The van der Waals surface area contributed by atoms with Gasteiger partial charge < -0.3 is 15.5 Å². The van der Waals surface area contributed by atoms with E-state index in [1.807, 2.05) is 0 Å². The van der Waals surface area contributed by atoms with E-state index >= 15 is 0 Å². The van der Waals surface area contributed by atoms with Crippen LogP contribution in [0.15, 0.2) is 34.7 Å². The van der Waals surface area contributed by atoms with Gasteiger partial charge in [0.25, 0.3) is 0 Å². The van der Waals surface area contributed by atoms with Gasteiger partial charge in [0.1, 0.15) is 5.03 Å². The first-order valence-corrected chi connectivity index (χ1v) is 5.09. The molecule has 0 saturated heterocycles. The van der Waals surface area contributed by atoms with Gasteiger partial charge >= 0.3 is 0 Å². The van der Waals surface area contributed by atoms with Crippen LogP contribution in [0.25, 0.3) is 0 Å². The second kappa shape index (κ2) is 4.22. The lowest BCUT2D eigenvalue weighted by Gasteiger charge is -2.04. The quantitative estimate of drug-likeness (QED) is 0.823. The van der Waals surface area contributed by atoms with Crippen LogP contribution in [0, 0.1) is 0 Å². The van der Waals surface area contributed by atoms with Crippen LogP contribution in [-0.2, 0) is 0 Å². The Bertz CT molecular complexity index is 443. The Hall–Kier alpha value is -1.69. The number of nitrogens with two attached hydrogens (primary N) is 1. The van der Waals surface area contributed by atoms with Gasteiger partial charge in [0, 0.05) is 18.5 Å². The Kier molecular flexibility index (Phi) is 2.77. The molecule has 3 N–H and O–H groups in total. The zero-order chi connectivity index (χ0) is 10.7. The van der Waals surface area contributed by atoms with E-state index in [-0.39, 0.29) is 0 Å². The number of imidazole rings is 1. The maximum atomic E-state index is 5.78. The van der Waals surface area contributed by atoms with E-state index < -0.39 is 0 Å². The molecule has 6 heteroatoms. The summed E-state index contributed by atoms with van der Waals surface area (Å²) in [5.41, 5.74) is 6.39. The predicted molar refractivity (Wildman–Crippen MR) is 57.9 cm³/mol. The molecule has 0 aliphatic carbocycles. The molecule has 0 spiro atoms. The van der Waals surface area contributed by atoms with Gasteiger partial charge in [-0.1, -0.05) is 0 Å². The number of methoxy groups -OCH3 is 1. The van der Waals surface area contributed by atoms with Crippen LogP contribution in [0.5, 0.6) is 5.88 Å². The highest BCUT2D eigenvalue weighted by molar-refractivity contribution is 7.99.